The van der Waals surface area contributed by atoms with Crippen molar-refractivity contribution < 1.29 is 14.6 Å². The number of nitrogens with two attached hydrogens (primary N) is 1. The van der Waals surface area contributed by atoms with Crippen LogP contribution in [0.3, 0.4) is 0 Å². The first-order valence-corrected chi connectivity index (χ1v) is 5.40. The van der Waals surface area contributed by atoms with E-state index in [2.05, 4.69) is 0 Å². The van der Waals surface area contributed by atoms with Gasteiger partial charge in [-0.3, -0.25) is 0 Å². The zero-order valence-corrected chi connectivity index (χ0v) is 9.77. The molecule has 16 heavy (non-hydrogen) atoms. The predicted octanol–water partition coefficient (Wildman–Crippen LogP) is 1.48. The molecule has 0 aromatic heterocycles. The second-order valence-electron chi connectivity index (χ2n) is 3.52. The quantitative estimate of drug-likeness (QED) is 0.769. The number of rotatable bonds is 6. The molecule has 1 rings (SSSR count). The van der Waals surface area contributed by atoms with E-state index in [0.29, 0.717) is 18.1 Å². The maximum atomic E-state index is 9.08. The molecule has 0 fully saturated rings. The molecule has 3 N–H and O–H groups in total. The number of hydrogen-bond acceptors (Lipinski definition) is 4. The second-order valence-corrected chi connectivity index (χ2v) is 3.52. The van der Waals surface area contributed by atoms with Gasteiger partial charge in [-0.15, -0.1) is 0 Å². The third kappa shape index (κ3) is 2.87. The molecule has 0 radical (unpaired) electrons. The van der Waals surface area contributed by atoms with E-state index in [1.165, 1.54) is 0 Å². The normalized spacial score (nSPS) is 12.2. The maximum absolute atomic E-state index is 9.08. The van der Waals surface area contributed by atoms with Crippen LogP contribution in [0.4, 0.5) is 0 Å². The first kappa shape index (κ1) is 12.8. The van der Waals surface area contributed by atoms with Gasteiger partial charge < -0.3 is 20.3 Å². The highest BCUT2D eigenvalue weighted by molar-refractivity contribution is 5.48. The van der Waals surface area contributed by atoms with Gasteiger partial charge in [0.25, 0.3) is 0 Å². The van der Waals surface area contributed by atoms with Gasteiger partial charge in [0.1, 0.15) is 0 Å². The van der Waals surface area contributed by atoms with Crippen LogP contribution in [0.2, 0.25) is 0 Å². The molecular formula is C12H19NO3. The van der Waals surface area contributed by atoms with E-state index < -0.39 is 6.04 Å². The minimum Gasteiger partial charge on any atom is -0.493 e. The standard InChI is InChI=1S/C12H19NO3/c1-3-7-16-12-9(10(13)8-14)5-4-6-11(12)15-2/h4-6,10,14H,3,7-8,13H2,1-2H3. The van der Waals surface area contributed by atoms with Crippen LogP contribution in [0.25, 0.3) is 0 Å². The van der Waals surface area contributed by atoms with Crippen LogP contribution in [-0.4, -0.2) is 25.4 Å². The highest BCUT2D eigenvalue weighted by Gasteiger charge is 2.15. The van der Waals surface area contributed by atoms with Gasteiger partial charge in [0.05, 0.1) is 26.4 Å². The average Bonchev–Trinajstić information content (AvgIpc) is 2.34. The lowest BCUT2D eigenvalue weighted by Gasteiger charge is -2.17. The summed E-state index contributed by atoms with van der Waals surface area (Å²) in [6.45, 7) is 2.52. The summed E-state index contributed by atoms with van der Waals surface area (Å²) in [5.74, 6) is 1.28. The van der Waals surface area contributed by atoms with Gasteiger partial charge in [-0.1, -0.05) is 19.1 Å². The fourth-order valence-electron chi connectivity index (χ4n) is 1.44. The van der Waals surface area contributed by atoms with Crippen molar-refractivity contribution in [3.05, 3.63) is 23.8 Å². The van der Waals surface area contributed by atoms with Crippen molar-refractivity contribution in [3.8, 4) is 11.5 Å². The third-order valence-corrected chi connectivity index (χ3v) is 2.28. The number of hydrogen-bond donors (Lipinski definition) is 2. The summed E-state index contributed by atoms with van der Waals surface area (Å²) in [4.78, 5) is 0. The number of benzene rings is 1. The number of para-hydroxylation sites is 1. The van der Waals surface area contributed by atoms with Crippen molar-refractivity contribution in [3.63, 3.8) is 0 Å². The molecule has 0 amide bonds. The topological polar surface area (TPSA) is 64.7 Å². The van der Waals surface area contributed by atoms with Crippen LogP contribution in [-0.2, 0) is 0 Å². The molecule has 4 heteroatoms. The van der Waals surface area contributed by atoms with E-state index >= 15 is 0 Å². The number of aliphatic hydroxyl groups is 1. The van der Waals surface area contributed by atoms with Crippen molar-refractivity contribution in [2.75, 3.05) is 20.3 Å². The van der Waals surface area contributed by atoms with Crippen LogP contribution >= 0.6 is 0 Å². The third-order valence-electron chi connectivity index (χ3n) is 2.28. The molecule has 0 aliphatic heterocycles. The lowest BCUT2D eigenvalue weighted by molar-refractivity contribution is 0.255. The van der Waals surface area contributed by atoms with Crippen molar-refractivity contribution in [2.24, 2.45) is 5.73 Å². The van der Waals surface area contributed by atoms with Crippen LogP contribution in [0, 0.1) is 0 Å². The molecule has 1 atom stereocenters. The summed E-state index contributed by atoms with van der Waals surface area (Å²) in [5.41, 5.74) is 6.58. The maximum Gasteiger partial charge on any atom is 0.165 e. The molecule has 4 nitrogen and oxygen atoms in total. The number of ether oxygens (including phenoxy) is 2. The molecule has 1 aromatic carbocycles. The Morgan fingerprint density at radius 1 is 1.44 bits per heavy atom. The second kappa shape index (κ2) is 6.35. The fourth-order valence-corrected chi connectivity index (χ4v) is 1.44. The largest absolute Gasteiger partial charge is 0.493 e. The molecule has 0 aliphatic rings. The van der Waals surface area contributed by atoms with Gasteiger partial charge in [0.15, 0.2) is 11.5 Å². The molecule has 0 heterocycles. The van der Waals surface area contributed by atoms with Gasteiger partial charge in [0, 0.05) is 5.56 Å². The van der Waals surface area contributed by atoms with Gasteiger partial charge in [0.2, 0.25) is 0 Å². The van der Waals surface area contributed by atoms with E-state index in [4.69, 9.17) is 20.3 Å². The van der Waals surface area contributed by atoms with E-state index in [1.54, 1.807) is 7.11 Å². The molecule has 1 unspecified atom stereocenters. The SMILES string of the molecule is CCCOc1c(OC)cccc1C(N)CO. The predicted molar refractivity (Wildman–Crippen MR) is 62.8 cm³/mol. The molecule has 0 bridgehead atoms. The Kier molecular flexibility index (Phi) is 5.08. The Hall–Kier alpha value is -1.26. The van der Waals surface area contributed by atoms with Crippen molar-refractivity contribution in [1.82, 2.24) is 0 Å². The van der Waals surface area contributed by atoms with E-state index in [0.717, 1.165) is 12.0 Å². The molecule has 0 spiro atoms. The zero-order chi connectivity index (χ0) is 12.0. The Morgan fingerprint density at radius 2 is 2.19 bits per heavy atom. The summed E-state index contributed by atoms with van der Waals surface area (Å²) in [5, 5.41) is 9.08. The summed E-state index contributed by atoms with van der Waals surface area (Å²) >= 11 is 0. The summed E-state index contributed by atoms with van der Waals surface area (Å²) < 4.78 is 10.8. The van der Waals surface area contributed by atoms with Crippen LogP contribution in [0.15, 0.2) is 18.2 Å². The van der Waals surface area contributed by atoms with E-state index in [1.807, 2.05) is 25.1 Å². The monoisotopic (exact) mass is 225 g/mol. The first-order valence-electron chi connectivity index (χ1n) is 5.40. The number of methoxy groups -OCH3 is 1. The van der Waals surface area contributed by atoms with Crippen molar-refractivity contribution in [1.29, 1.82) is 0 Å². The van der Waals surface area contributed by atoms with Gasteiger partial charge in [-0.05, 0) is 12.5 Å². The van der Waals surface area contributed by atoms with Gasteiger partial charge >= 0.3 is 0 Å². The van der Waals surface area contributed by atoms with Gasteiger partial charge in [-0.25, -0.2) is 0 Å². The highest BCUT2D eigenvalue weighted by Crippen LogP contribution is 2.34. The highest BCUT2D eigenvalue weighted by atomic mass is 16.5. The minimum absolute atomic E-state index is 0.115. The van der Waals surface area contributed by atoms with Crippen LogP contribution in [0.5, 0.6) is 11.5 Å². The van der Waals surface area contributed by atoms with E-state index in [-0.39, 0.29) is 6.61 Å². The summed E-state index contributed by atoms with van der Waals surface area (Å²) in [7, 11) is 1.59. The molecule has 0 saturated heterocycles. The zero-order valence-electron chi connectivity index (χ0n) is 9.77. The Morgan fingerprint density at radius 3 is 2.75 bits per heavy atom. The number of aliphatic hydroxyl groups excluding tert-OH is 1. The minimum atomic E-state index is -0.443. The average molecular weight is 225 g/mol. The molecule has 90 valence electrons. The smallest absolute Gasteiger partial charge is 0.165 e. The van der Waals surface area contributed by atoms with Crippen LogP contribution in [0.1, 0.15) is 24.9 Å². The molecule has 1 aromatic rings. The van der Waals surface area contributed by atoms with Gasteiger partial charge in [-0.2, -0.15) is 0 Å². The first-order chi connectivity index (χ1) is 7.74. The van der Waals surface area contributed by atoms with E-state index in [9.17, 15) is 0 Å². The van der Waals surface area contributed by atoms with Crippen LogP contribution < -0.4 is 15.2 Å². The Balaban J connectivity index is 3.04. The molecular weight excluding hydrogens is 206 g/mol. The fraction of sp³-hybridized carbons (Fsp3) is 0.500. The lowest BCUT2D eigenvalue weighted by Crippen LogP contribution is -2.16. The molecule has 0 aliphatic carbocycles. The lowest BCUT2D eigenvalue weighted by atomic mass is 10.1. The summed E-state index contributed by atoms with van der Waals surface area (Å²) in [6.07, 6.45) is 0.909. The Labute approximate surface area is 96.0 Å². The van der Waals surface area contributed by atoms with Crippen molar-refractivity contribution >= 4 is 0 Å². The summed E-state index contributed by atoms with van der Waals surface area (Å²) in [6, 6.07) is 5.05. The van der Waals surface area contributed by atoms with Crippen molar-refractivity contribution in [2.45, 2.75) is 19.4 Å². The Bertz CT molecular complexity index is 328. The molecule has 0 saturated carbocycles.